The van der Waals surface area contributed by atoms with Gasteiger partial charge in [-0.1, -0.05) is 48.9 Å². The number of benzene rings is 2. The zero-order valence-corrected chi connectivity index (χ0v) is 19.0. The average Bonchev–Trinajstić information content (AvgIpc) is 3.41. The molecule has 2 aromatic carbocycles. The van der Waals surface area contributed by atoms with Crippen LogP contribution in [0, 0.1) is 6.92 Å². The molecule has 0 aliphatic carbocycles. The molecule has 32 heavy (non-hydrogen) atoms. The molecule has 0 unspecified atom stereocenters. The predicted molar refractivity (Wildman–Crippen MR) is 127 cm³/mol. The molecule has 4 aromatic rings. The third-order valence-electron chi connectivity index (χ3n) is 5.28. The van der Waals surface area contributed by atoms with Crippen molar-refractivity contribution in [3.63, 3.8) is 0 Å². The number of nitrogens with zero attached hydrogens (tertiary/aromatic N) is 4. The second kappa shape index (κ2) is 10.3. The van der Waals surface area contributed by atoms with Crippen LogP contribution in [0.15, 0.2) is 66.9 Å². The quantitative estimate of drug-likeness (QED) is 0.324. The number of aromatic nitrogens is 4. The van der Waals surface area contributed by atoms with E-state index in [0.717, 1.165) is 35.8 Å². The molecule has 0 atom stereocenters. The summed E-state index contributed by atoms with van der Waals surface area (Å²) in [5.74, 6) is 2.27. The predicted octanol–water partition coefficient (Wildman–Crippen LogP) is 5.21. The van der Waals surface area contributed by atoms with Crippen molar-refractivity contribution in [3.05, 3.63) is 78.0 Å². The van der Waals surface area contributed by atoms with Crippen molar-refractivity contribution in [2.24, 2.45) is 0 Å². The lowest BCUT2D eigenvalue weighted by atomic mass is 10.1. The number of rotatable bonds is 10. The number of ether oxygens (including phenoxy) is 2. The van der Waals surface area contributed by atoms with Crippen LogP contribution in [0.1, 0.15) is 24.5 Å². The normalized spacial score (nSPS) is 11.1. The fourth-order valence-electron chi connectivity index (χ4n) is 3.80. The Balaban J connectivity index is 1.77. The summed E-state index contributed by atoms with van der Waals surface area (Å²) in [6, 6.07) is 20.6. The lowest BCUT2D eigenvalue weighted by Gasteiger charge is -2.10. The van der Waals surface area contributed by atoms with Crippen molar-refractivity contribution in [2.45, 2.75) is 33.4 Å². The average molecular weight is 431 g/mol. The molecule has 2 heterocycles. The minimum Gasteiger partial charge on any atom is -0.490 e. The van der Waals surface area contributed by atoms with Crippen LogP contribution in [-0.4, -0.2) is 39.7 Å². The molecule has 6 nitrogen and oxygen atoms in total. The van der Waals surface area contributed by atoms with Crippen molar-refractivity contribution >= 4 is 0 Å². The Hall–Kier alpha value is -3.38. The first-order chi connectivity index (χ1) is 15.7. The van der Waals surface area contributed by atoms with Crippen molar-refractivity contribution < 1.29 is 9.47 Å². The van der Waals surface area contributed by atoms with Gasteiger partial charge in [0.15, 0.2) is 11.6 Å². The lowest BCUT2D eigenvalue weighted by molar-refractivity contribution is 0.146. The fourth-order valence-corrected chi connectivity index (χ4v) is 3.80. The molecule has 0 saturated carbocycles. The first-order valence-corrected chi connectivity index (χ1v) is 11.1. The van der Waals surface area contributed by atoms with Gasteiger partial charge < -0.3 is 14.0 Å². The minimum atomic E-state index is 0.476. The van der Waals surface area contributed by atoms with Gasteiger partial charge in [0.25, 0.3) is 0 Å². The molecule has 0 N–H and O–H groups in total. The molecule has 0 saturated heterocycles. The summed E-state index contributed by atoms with van der Waals surface area (Å²) >= 11 is 0. The highest BCUT2D eigenvalue weighted by molar-refractivity contribution is 5.66. The standard InChI is InChI=1S/C26H30N4O2/c1-4-14-29-15-8-12-23(29)26-27-25(22-11-5-6-13-24(22)32-17-16-31-3)28-30(26)19-21-10-7-9-20(2)18-21/h5-13,15,18H,4,14,16-17,19H2,1-3H3. The lowest BCUT2D eigenvalue weighted by Crippen LogP contribution is -2.07. The minimum absolute atomic E-state index is 0.476. The van der Waals surface area contributed by atoms with E-state index in [9.17, 15) is 0 Å². The Morgan fingerprint density at radius 2 is 1.84 bits per heavy atom. The first kappa shape index (κ1) is 21.8. The van der Waals surface area contributed by atoms with Crippen LogP contribution in [-0.2, 0) is 17.8 Å². The molecule has 0 aliphatic rings. The van der Waals surface area contributed by atoms with Crippen LogP contribution >= 0.6 is 0 Å². The van der Waals surface area contributed by atoms with E-state index in [0.29, 0.717) is 25.6 Å². The van der Waals surface area contributed by atoms with E-state index in [-0.39, 0.29) is 0 Å². The zero-order chi connectivity index (χ0) is 22.3. The van der Waals surface area contributed by atoms with Gasteiger partial charge in [0.05, 0.1) is 24.4 Å². The van der Waals surface area contributed by atoms with Crippen LogP contribution in [0.3, 0.4) is 0 Å². The maximum absolute atomic E-state index is 5.95. The molecule has 4 rings (SSSR count). The smallest absolute Gasteiger partial charge is 0.185 e. The number of hydrogen-bond acceptors (Lipinski definition) is 4. The Bertz CT molecular complexity index is 1160. The Morgan fingerprint density at radius 1 is 0.969 bits per heavy atom. The van der Waals surface area contributed by atoms with Gasteiger partial charge in [0, 0.05) is 19.9 Å². The molecule has 0 aliphatic heterocycles. The number of aryl methyl sites for hydroxylation is 2. The van der Waals surface area contributed by atoms with Gasteiger partial charge in [0.2, 0.25) is 0 Å². The maximum atomic E-state index is 5.95. The van der Waals surface area contributed by atoms with E-state index in [1.54, 1.807) is 7.11 Å². The molecule has 0 bridgehead atoms. The highest BCUT2D eigenvalue weighted by atomic mass is 16.5. The van der Waals surface area contributed by atoms with E-state index >= 15 is 0 Å². The Kier molecular flexibility index (Phi) is 7.02. The van der Waals surface area contributed by atoms with Gasteiger partial charge >= 0.3 is 0 Å². The van der Waals surface area contributed by atoms with Gasteiger partial charge in [0.1, 0.15) is 12.4 Å². The summed E-state index contributed by atoms with van der Waals surface area (Å²) in [4.78, 5) is 4.99. The third kappa shape index (κ3) is 4.92. The molecule has 0 amide bonds. The van der Waals surface area contributed by atoms with Crippen molar-refractivity contribution in [2.75, 3.05) is 20.3 Å². The van der Waals surface area contributed by atoms with E-state index in [2.05, 4.69) is 61.0 Å². The number of para-hydroxylation sites is 1. The monoisotopic (exact) mass is 430 g/mol. The number of methoxy groups -OCH3 is 1. The van der Waals surface area contributed by atoms with Crippen LogP contribution in [0.2, 0.25) is 0 Å². The SMILES string of the molecule is CCCn1cccc1-c1nc(-c2ccccc2OCCOC)nn1Cc1cccc(C)c1. The summed E-state index contributed by atoms with van der Waals surface area (Å²) in [5.41, 5.74) is 4.37. The van der Waals surface area contributed by atoms with Crippen LogP contribution < -0.4 is 4.74 Å². The molecule has 6 heteroatoms. The summed E-state index contributed by atoms with van der Waals surface area (Å²) in [6.07, 6.45) is 3.16. The molecule has 0 radical (unpaired) electrons. The number of hydrogen-bond donors (Lipinski definition) is 0. The van der Waals surface area contributed by atoms with Gasteiger partial charge in [-0.25, -0.2) is 9.67 Å². The van der Waals surface area contributed by atoms with Crippen molar-refractivity contribution in [1.29, 1.82) is 0 Å². The summed E-state index contributed by atoms with van der Waals surface area (Å²) < 4.78 is 15.3. The molecule has 2 aromatic heterocycles. The summed E-state index contributed by atoms with van der Waals surface area (Å²) in [5, 5.41) is 4.93. The highest BCUT2D eigenvalue weighted by Gasteiger charge is 2.19. The Morgan fingerprint density at radius 3 is 2.66 bits per heavy atom. The Labute approximate surface area is 189 Å². The molecule has 0 spiro atoms. The van der Waals surface area contributed by atoms with Crippen molar-refractivity contribution in [1.82, 2.24) is 19.3 Å². The topological polar surface area (TPSA) is 54.1 Å². The van der Waals surface area contributed by atoms with Crippen LogP contribution in [0.25, 0.3) is 22.9 Å². The van der Waals surface area contributed by atoms with E-state index in [1.165, 1.54) is 11.1 Å². The van der Waals surface area contributed by atoms with Crippen molar-refractivity contribution in [3.8, 4) is 28.7 Å². The highest BCUT2D eigenvalue weighted by Crippen LogP contribution is 2.30. The van der Waals surface area contributed by atoms with Gasteiger partial charge in [-0.15, -0.1) is 5.10 Å². The van der Waals surface area contributed by atoms with Gasteiger partial charge in [-0.05, 0) is 43.2 Å². The summed E-state index contributed by atoms with van der Waals surface area (Å²) in [7, 11) is 1.67. The maximum Gasteiger partial charge on any atom is 0.185 e. The molecular weight excluding hydrogens is 400 g/mol. The largest absolute Gasteiger partial charge is 0.490 e. The van der Waals surface area contributed by atoms with Crippen LogP contribution in [0.4, 0.5) is 0 Å². The first-order valence-electron chi connectivity index (χ1n) is 11.1. The summed E-state index contributed by atoms with van der Waals surface area (Å²) in [6.45, 7) is 6.88. The third-order valence-corrected chi connectivity index (χ3v) is 5.28. The van der Waals surface area contributed by atoms with E-state index in [1.807, 2.05) is 28.9 Å². The molecule has 166 valence electrons. The molecular formula is C26H30N4O2. The van der Waals surface area contributed by atoms with E-state index < -0.39 is 0 Å². The van der Waals surface area contributed by atoms with Crippen LogP contribution in [0.5, 0.6) is 5.75 Å². The van der Waals surface area contributed by atoms with Gasteiger partial charge in [-0.2, -0.15) is 0 Å². The second-order valence-electron chi connectivity index (χ2n) is 7.83. The second-order valence-corrected chi connectivity index (χ2v) is 7.83. The zero-order valence-electron chi connectivity index (χ0n) is 19.0. The molecule has 0 fully saturated rings. The van der Waals surface area contributed by atoms with Gasteiger partial charge in [-0.3, -0.25) is 0 Å². The van der Waals surface area contributed by atoms with E-state index in [4.69, 9.17) is 19.6 Å². The fraction of sp³-hybridized carbons (Fsp3) is 0.308.